The molecule has 3 aromatic rings. The molecule has 1 saturated heterocycles. The molecular weight excluding hydrogens is 418 g/mol. The highest BCUT2D eigenvalue weighted by Gasteiger charge is 2.29. The number of carbonyl (C=O) groups excluding carboxylic acids is 2. The Kier molecular flexibility index (Phi) is 6.77. The van der Waals surface area contributed by atoms with E-state index in [1.54, 1.807) is 11.0 Å². The molecule has 1 atom stereocenters. The summed E-state index contributed by atoms with van der Waals surface area (Å²) in [6, 6.07) is 15.1. The number of pyridine rings is 1. The van der Waals surface area contributed by atoms with Gasteiger partial charge in [0, 0.05) is 24.4 Å². The van der Waals surface area contributed by atoms with E-state index in [1.165, 1.54) is 0 Å². The van der Waals surface area contributed by atoms with Gasteiger partial charge in [-0.2, -0.15) is 0 Å². The Labute approximate surface area is 193 Å². The molecular formula is C26H29N3O4. The van der Waals surface area contributed by atoms with Crippen LogP contribution in [-0.2, 0) is 4.79 Å². The summed E-state index contributed by atoms with van der Waals surface area (Å²) in [6.45, 7) is 5.44. The fourth-order valence-corrected chi connectivity index (χ4v) is 4.30. The molecule has 0 spiro atoms. The molecule has 2 aromatic carbocycles. The lowest BCUT2D eigenvalue weighted by Crippen LogP contribution is -2.42. The third kappa shape index (κ3) is 5.08. The van der Waals surface area contributed by atoms with Crippen LogP contribution in [0.25, 0.3) is 10.9 Å². The normalized spacial score (nSPS) is 15.9. The number of hydrogen-bond acceptors (Lipinski definition) is 5. The van der Waals surface area contributed by atoms with Gasteiger partial charge in [-0.25, -0.2) is 0 Å². The highest BCUT2D eigenvalue weighted by molar-refractivity contribution is 5.97. The number of nitrogens with zero attached hydrogens (tertiary/aromatic N) is 2. The standard InChI is InChI=1S/C26H29N3O4/c1-3-32-23-13-17(2)10-11-22(23)33-16-24(30)29-12-6-8-19(15-29)25-20(26(27)31)14-18-7-4-5-9-21(18)28-25/h4-5,7,9-11,13-14,19H,3,6,8,12,15-16H2,1-2H3,(H2,27,31). The third-order valence-corrected chi connectivity index (χ3v) is 5.93. The molecule has 4 rings (SSSR count). The number of ether oxygens (including phenoxy) is 2. The number of fused-ring (bicyclic) bond motifs is 1. The average Bonchev–Trinajstić information content (AvgIpc) is 2.82. The SMILES string of the molecule is CCOc1cc(C)ccc1OCC(=O)N1CCCC(c2nc3ccccc3cc2C(N)=O)C1. The number of para-hydroxylation sites is 1. The molecule has 1 unspecified atom stereocenters. The van der Waals surface area contributed by atoms with Crippen LogP contribution in [0.1, 0.15) is 47.3 Å². The van der Waals surface area contributed by atoms with Crippen LogP contribution in [0.15, 0.2) is 48.5 Å². The van der Waals surface area contributed by atoms with Crippen LogP contribution in [0.3, 0.4) is 0 Å². The molecule has 172 valence electrons. The van der Waals surface area contributed by atoms with Crippen LogP contribution >= 0.6 is 0 Å². The Morgan fingerprint density at radius 2 is 1.94 bits per heavy atom. The van der Waals surface area contributed by atoms with E-state index in [1.807, 2.05) is 56.3 Å². The quantitative estimate of drug-likeness (QED) is 0.594. The topological polar surface area (TPSA) is 94.8 Å². The lowest BCUT2D eigenvalue weighted by atomic mass is 9.90. The minimum atomic E-state index is -0.502. The molecule has 2 amide bonds. The Balaban J connectivity index is 1.49. The van der Waals surface area contributed by atoms with Gasteiger partial charge in [0.05, 0.1) is 23.4 Å². The highest BCUT2D eigenvalue weighted by Crippen LogP contribution is 2.31. The zero-order valence-corrected chi connectivity index (χ0v) is 19.0. The number of rotatable bonds is 7. The predicted molar refractivity (Wildman–Crippen MR) is 127 cm³/mol. The maximum absolute atomic E-state index is 13.0. The van der Waals surface area contributed by atoms with Crippen molar-refractivity contribution in [3.05, 3.63) is 65.4 Å². The average molecular weight is 448 g/mol. The first kappa shape index (κ1) is 22.6. The fourth-order valence-electron chi connectivity index (χ4n) is 4.30. The molecule has 33 heavy (non-hydrogen) atoms. The van der Waals surface area contributed by atoms with Crippen molar-refractivity contribution in [1.82, 2.24) is 9.88 Å². The van der Waals surface area contributed by atoms with E-state index in [9.17, 15) is 9.59 Å². The number of aromatic nitrogens is 1. The number of hydrogen-bond donors (Lipinski definition) is 1. The van der Waals surface area contributed by atoms with Gasteiger partial charge in [-0.1, -0.05) is 24.3 Å². The van der Waals surface area contributed by atoms with Crippen LogP contribution in [0, 0.1) is 6.92 Å². The summed E-state index contributed by atoms with van der Waals surface area (Å²) in [5, 5.41) is 0.871. The number of aryl methyl sites for hydroxylation is 1. The summed E-state index contributed by atoms with van der Waals surface area (Å²) in [5.41, 5.74) is 8.63. The summed E-state index contributed by atoms with van der Waals surface area (Å²) in [4.78, 5) is 31.7. The molecule has 0 saturated carbocycles. The van der Waals surface area contributed by atoms with Crippen molar-refractivity contribution >= 4 is 22.7 Å². The summed E-state index contributed by atoms with van der Waals surface area (Å²) in [5.74, 6) is 0.514. The number of benzene rings is 2. The summed E-state index contributed by atoms with van der Waals surface area (Å²) >= 11 is 0. The minimum Gasteiger partial charge on any atom is -0.490 e. The maximum atomic E-state index is 13.0. The summed E-state index contributed by atoms with van der Waals surface area (Å²) in [7, 11) is 0. The number of carbonyl (C=O) groups is 2. The van der Waals surface area contributed by atoms with Crippen LogP contribution in [-0.4, -0.2) is 48.0 Å². The number of piperidine rings is 1. The molecule has 1 fully saturated rings. The summed E-state index contributed by atoms with van der Waals surface area (Å²) in [6.07, 6.45) is 1.65. The molecule has 7 heteroatoms. The molecule has 7 nitrogen and oxygen atoms in total. The lowest BCUT2D eigenvalue weighted by Gasteiger charge is -2.33. The van der Waals surface area contributed by atoms with Gasteiger partial charge in [0.1, 0.15) is 0 Å². The maximum Gasteiger partial charge on any atom is 0.260 e. The second-order valence-electron chi connectivity index (χ2n) is 8.33. The van der Waals surface area contributed by atoms with Crippen LogP contribution in [0.2, 0.25) is 0 Å². The molecule has 1 aromatic heterocycles. The van der Waals surface area contributed by atoms with Crippen molar-refractivity contribution in [2.45, 2.75) is 32.6 Å². The highest BCUT2D eigenvalue weighted by atomic mass is 16.5. The van der Waals surface area contributed by atoms with E-state index in [2.05, 4.69) is 0 Å². The first-order chi connectivity index (χ1) is 16.0. The predicted octanol–water partition coefficient (Wildman–Crippen LogP) is 3.83. The smallest absolute Gasteiger partial charge is 0.260 e. The van der Waals surface area contributed by atoms with Crippen LogP contribution in [0.4, 0.5) is 0 Å². The first-order valence-electron chi connectivity index (χ1n) is 11.3. The van der Waals surface area contributed by atoms with Crippen molar-refractivity contribution < 1.29 is 19.1 Å². The van der Waals surface area contributed by atoms with Crippen molar-refractivity contribution in [3.8, 4) is 11.5 Å². The number of primary amides is 1. The van der Waals surface area contributed by atoms with Gasteiger partial charge in [-0.3, -0.25) is 14.6 Å². The van der Waals surface area contributed by atoms with E-state index in [0.717, 1.165) is 29.3 Å². The van der Waals surface area contributed by atoms with Crippen molar-refractivity contribution in [3.63, 3.8) is 0 Å². The Hall–Kier alpha value is -3.61. The number of amides is 2. The molecule has 1 aliphatic rings. The van der Waals surface area contributed by atoms with Crippen molar-refractivity contribution in [2.75, 3.05) is 26.3 Å². The van der Waals surface area contributed by atoms with E-state index in [-0.39, 0.29) is 18.4 Å². The minimum absolute atomic E-state index is 0.0619. The Morgan fingerprint density at radius 1 is 1.12 bits per heavy atom. The largest absolute Gasteiger partial charge is 0.490 e. The van der Waals surface area contributed by atoms with E-state index in [4.69, 9.17) is 20.2 Å². The van der Waals surface area contributed by atoms with E-state index < -0.39 is 5.91 Å². The monoisotopic (exact) mass is 447 g/mol. The fraction of sp³-hybridized carbons (Fsp3) is 0.346. The van der Waals surface area contributed by atoms with Gasteiger partial charge in [-0.15, -0.1) is 0 Å². The lowest BCUT2D eigenvalue weighted by molar-refractivity contribution is -0.134. The van der Waals surface area contributed by atoms with Gasteiger partial charge >= 0.3 is 0 Å². The molecule has 0 aliphatic carbocycles. The zero-order valence-electron chi connectivity index (χ0n) is 19.0. The van der Waals surface area contributed by atoms with E-state index in [0.29, 0.717) is 42.5 Å². The second-order valence-corrected chi connectivity index (χ2v) is 8.33. The first-order valence-corrected chi connectivity index (χ1v) is 11.3. The van der Waals surface area contributed by atoms with E-state index >= 15 is 0 Å². The van der Waals surface area contributed by atoms with Gasteiger partial charge in [-0.05, 0) is 56.5 Å². The van der Waals surface area contributed by atoms with Gasteiger partial charge in [0.15, 0.2) is 18.1 Å². The third-order valence-electron chi connectivity index (χ3n) is 5.93. The van der Waals surface area contributed by atoms with Crippen LogP contribution < -0.4 is 15.2 Å². The van der Waals surface area contributed by atoms with Crippen LogP contribution in [0.5, 0.6) is 11.5 Å². The van der Waals surface area contributed by atoms with Gasteiger partial charge < -0.3 is 20.1 Å². The Bertz CT molecular complexity index is 1180. The number of nitrogens with two attached hydrogens (primary N) is 1. The van der Waals surface area contributed by atoms with Gasteiger partial charge in [0.25, 0.3) is 11.8 Å². The molecule has 1 aliphatic heterocycles. The Morgan fingerprint density at radius 3 is 2.73 bits per heavy atom. The van der Waals surface area contributed by atoms with Crippen molar-refractivity contribution in [1.29, 1.82) is 0 Å². The molecule has 0 radical (unpaired) electrons. The molecule has 2 heterocycles. The molecule has 0 bridgehead atoms. The van der Waals surface area contributed by atoms with Crippen molar-refractivity contribution in [2.24, 2.45) is 5.73 Å². The second kappa shape index (κ2) is 9.90. The number of likely N-dealkylation sites (tertiary alicyclic amines) is 1. The zero-order chi connectivity index (χ0) is 23.4. The van der Waals surface area contributed by atoms with Gasteiger partial charge in [0.2, 0.25) is 0 Å². The summed E-state index contributed by atoms with van der Waals surface area (Å²) < 4.78 is 11.5. The molecule has 2 N–H and O–H groups in total.